The van der Waals surface area contributed by atoms with Gasteiger partial charge in [-0.2, -0.15) is 0 Å². The molecule has 3 aliphatic heterocycles. The first-order valence-electron chi connectivity index (χ1n) is 12.5. The van der Waals surface area contributed by atoms with Crippen LogP contribution in [0.15, 0.2) is 18.3 Å². The number of likely N-dealkylation sites (N-methyl/N-ethyl adjacent to an activating group) is 1. The van der Waals surface area contributed by atoms with Crippen molar-refractivity contribution >= 4 is 33.4 Å². The minimum Gasteiger partial charge on any atom is -0.475 e. The molecule has 0 spiro atoms. The van der Waals surface area contributed by atoms with E-state index in [1.165, 1.54) is 6.42 Å². The highest BCUT2D eigenvalue weighted by atomic mass is 19.1. The van der Waals surface area contributed by atoms with Crippen LogP contribution in [0.1, 0.15) is 25.7 Å². The van der Waals surface area contributed by atoms with E-state index in [2.05, 4.69) is 32.0 Å². The van der Waals surface area contributed by atoms with Gasteiger partial charge in [-0.25, -0.2) is 19.3 Å². The van der Waals surface area contributed by atoms with E-state index in [9.17, 15) is 0 Å². The zero-order valence-electron chi connectivity index (χ0n) is 19.8. The highest BCUT2D eigenvalue weighted by Gasteiger charge is 2.24. The molecule has 0 amide bonds. The molecule has 5 heterocycles. The molecule has 0 bridgehead atoms. The van der Waals surface area contributed by atoms with Crippen molar-refractivity contribution in [3.05, 3.63) is 24.1 Å². The maximum atomic E-state index is 15.2. The summed E-state index contributed by atoms with van der Waals surface area (Å²) in [5, 5.41) is 5.01. The van der Waals surface area contributed by atoms with Crippen molar-refractivity contribution in [3.63, 3.8) is 0 Å². The van der Waals surface area contributed by atoms with Crippen LogP contribution in [0.25, 0.3) is 21.8 Å². The molecule has 1 unspecified atom stereocenters. The zero-order chi connectivity index (χ0) is 23.1. The van der Waals surface area contributed by atoms with Gasteiger partial charge in [0.1, 0.15) is 12.4 Å². The lowest BCUT2D eigenvalue weighted by molar-refractivity contribution is 0.195. The van der Waals surface area contributed by atoms with E-state index >= 15 is 4.39 Å². The Hall–Kier alpha value is -2.78. The summed E-state index contributed by atoms with van der Waals surface area (Å²) in [6, 6.07) is 3.83. The van der Waals surface area contributed by atoms with Crippen LogP contribution in [0.5, 0.6) is 5.88 Å². The van der Waals surface area contributed by atoms with Crippen molar-refractivity contribution in [1.82, 2.24) is 25.2 Å². The molecule has 3 aromatic rings. The Morgan fingerprint density at radius 2 is 1.82 bits per heavy atom. The number of rotatable bonds is 5. The van der Waals surface area contributed by atoms with Gasteiger partial charge in [-0.05, 0) is 45.3 Å². The number of nitrogens with zero attached hydrogens (tertiary/aromatic N) is 6. The molecule has 1 aromatic carbocycles. The van der Waals surface area contributed by atoms with E-state index in [4.69, 9.17) is 14.7 Å². The third-order valence-electron chi connectivity index (χ3n) is 7.48. The van der Waals surface area contributed by atoms with E-state index in [0.29, 0.717) is 35.7 Å². The average Bonchev–Trinajstić information content (AvgIpc) is 3.54. The lowest BCUT2D eigenvalue weighted by atomic mass is 10.1. The zero-order valence-corrected chi connectivity index (χ0v) is 19.8. The molecule has 2 aromatic heterocycles. The molecular weight excluding hydrogens is 433 g/mol. The second-order valence-corrected chi connectivity index (χ2v) is 9.69. The van der Waals surface area contributed by atoms with E-state index in [-0.39, 0.29) is 5.82 Å². The summed E-state index contributed by atoms with van der Waals surface area (Å²) >= 11 is 0. The van der Waals surface area contributed by atoms with Crippen molar-refractivity contribution in [1.29, 1.82) is 0 Å². The molecule has 34 heavy (non-hydrogen) atoms. The summed E-state index contributed by atoms with van der Waals surface area (Å²) in [6.45, 7) is 6.94. The molecule has 9 heteroatoms. The first kappa shape index (κ1) is 21.7. The van der Waals surface area contributed by atoms with Crippen LogP contribution in [0.3, 0.4) is 0 Å². The summed E-state index contributed by atoms with van der Waals surface area (Å²) < 4.78 is 21.4. The van der Waals surface area contributed by atoms with Crippen molar-refractivity contribution in [2.45, 2.75) is 31.7 Å². The number of piperazine rings is 1. The Kier molecular flexibility index (Phi) is 5.82. The van der Waals surface area contributed by atoms with Gasteiger partial charge >= 0.3 is 0 Å². The van der Waals surface area contributed by atoms with Crippen LogP contribution in [-0.2, 0) is 0 Å². The normalized spacial score (nSPS) is 21.8. The highest BCUT2D eigenvalue weighted by molar-refractivity contribution is 6.06. The van der Waals surface area contributed by atoms with Crippen molar-refractivity contribution < 1.29 is 9.13 Å². The summed E-state index contributed by atoms with van der Waals surface area (Å²) in [7, 11) is 2.13. The molecule has 1 atom stereocenters. The number of hydrogen-bond donors (Lipinski definition) is 1. The SMILES string of the molecule is CN1CCCC1COc1nc2cc(F)c(N3CCCC3)cc2c2nc(N3CCNCC3)ncc12. The molecule has 8 nitrogen and oxygen atoms in total. The number of hydrogen-bond acceptors (Lipinski definition) is 8. The van der Waals surface area contributed by atoms with Gasteiger partial charge in [-0.1, -0.05) is 0 Å². The predicted octanol–water partition coefficient (Wildman–Crippen LogP) is 2.80. The van der Waals surface area contributed by atoms with E-state index in [1.54, 1.807) is 6.07 Å². The maximum Gasteiger partial charge on any atom is 0.225 e. The minimum atomic E-state index is -0.237. The van der Waals surface area contributed by atoms with Gasteiger partial charge in [0.2, 0.25) is 11.8 Å². The summed E-state index contributed by atoms with van der Waals surface area (Å²) in [6.07, 6.45) is 6.30. The predicted molar refractivity (Wildman–Crippen MR) is 132 cm³/mol. The highest BCUT2D eigenvalue weighted by Crippen LogP contribution is 2.35. The third-order valence-corrected chi connectivity index (χ3v) is 7.48. The Bertz CT molecular complexity index is 1190. The van der Waals surface area contributed by atoms with Crippen LogP contribution in [0.4, 0.5) is 16.0 Å². The number of fused-ring (bicyclic) bond motifs is 3. The fourth-order valence-electron chi connectivity index (χ4n) is 5.43. The summed E-state index contributed by atoms with van der Waals surface area (Å²) in [5.74, 6) is 0.956. The van der Waals surface area contributed by atoms with Crippen molar-refractivity contribution in [3.8, 4) is 5.88 Å². The monoisotopic (exact) mass is 465 g/mol. The second-order valence-electron chi connectivity index (χ2n) is 9.69. The number of benzene rings is 1. The first-order chi connectivity index (χ1) is 16.7. The molecule has 6 rings (SSSR count). The molecule has 1 N–H and O–H groups in total. The fraction of sp³-hybridized carbons (Fsp3) is 0.560. The third kappa shape index (κ3) is 4.01. The van der Waals surface area contributed by atoms with Gasteiger partial charge in [-0.3, -0.25) is 0 Å². The van der Waals surface area contributed by atoms with Crippen LogP contribution >= 0.6 is 0 Å². The number of pyridine rings is 1. The number of halogens is 1. The molecule has 0 saturated carbocycles. The number of likely N-dealkylation sites (tertiary alicyclic amines) is 1. The van der Waals surface area contributed by atoms with Gasteiger partial charge < -0.3 is 24.8 Å². The van der Waals surface area contributed by atoms with Crippen LogP contribution in [-0.4, -0.2) is 85.4 Å². The Morgan fingerprint density at radius 3 is 2.59 bits per heavy atom. The minimum absolute atomic E-state index is 0.237. The van der Waals surface area contributed by atoms with Crippen molar-refractivity contribution in [2.75, 3.05) is 69.3 Å². The molecule has 3 aliphatic rings. The Morgan fingerprint density at radius 1 is 1.00 bits per heavy atom. The van der Waals surface area contributed by atoms with Crippen molar-refractivity contribution in [2.24, 2.45) is 0 Å². The Labute approximate surface area is 199 Å². The standard InChI is InChI=1S/C25H32FN7O/c1-31-8-4-5-17(31)16-34-24-19-15-28-25(33-11-6-27-7-12-33)30-23(19)18-13-22(32-9-2-3-10-32)20(26)14-21(18)29-24/h13-15,17,27H,2-12,16H2,1H3. The molecule has 3 saturated heterocycles. The number of anilines is 2. The second kappa shape index (κ2) is 9.11. The van der Waals surface area contributed by atoms with Crippen LogP contribution in [0.2, 0.25) is 0 Å². The molecule has 3 fully saturated rings. The largest absolute Gasteiger partial charge is 0.475 e. The smallest absolute Gasteiger partial charge is 0.225 e. The van der Waals surface area contributed by atoms with Gasteiger partial charge in [-0.15, -0.1) is 0 Å². The summed E-state index contributed by atoms with van der Waals surface area (Å²) in [5.41, 5.74) is 1.99. The molecule has 180 valence electrons. The summed E-state index contributed by atoms with van der Waals surface area (Å²) in [4.78, 5) is 21.1. The molecule has 0 aliphatic carbocycles. The quantitative estimate of drug-likeness (QED) is 0.577. The number of nitrogens with one attached hydrogen (secondary N) is 1. The van der Waals surface area contributed by atoms with E-state index < -0.39 is 0 Å². The van der Waals surface area contributed by atoms with E-state index in [1.807, 2.05) is 12.3 Å². The van der Waals surface area contributed by atoms with Gasteiger partial charge in [0.05, 0.1) is 22.1 Å². The lowest BCUT2D eigenvalue weighted by Gasteiger charge is -2.27. The topological polar surface area (TPSA) is 69.7 Å². The maximum absolute atomic E-state index is 15.2. The van der Waals surface area contributed by atoms with Crippen LogP contribution in [0, 0.1) is 5.82 Å². The lowest BCUT2D eigenvalue weighted by Crippen LogP contribution is -2.44. The Balaban J connectivity index is 1.46. The van der Waals surface area contributed by atoms with Gasteiger partial charge in [0.15, 0.2) is 0 Å². The number of ether oxygens (including phenoxy) is 1. The van der Waals surface area contributed by atoms with Gasteiger partial charge in [0, 0.05) is 63.0 Å². The molecular formula is C25H32FN7O. The van der Waals surface area contributed by atoms with Gasteiger partial charge in [0.25, 0.3) is 0 Å². The van der Waals surface area contributed by atoms with Crippen LogP contribution < -0.4 is 19.9 Å². The number of aromatic nitrogens is 3. The average molecular weight is 466 g/mol. The fourth-order valence-corrected chi connectivity index (χ4v) is 5.43. The first-order valence-corrected chi connectivity index (χ1v) is 12.5. The van der Waals surface area contributed by atoms with E-state index in [0.717, 1.165) is 81.4 Å². The molecule has 0 radical (unpaired) electrons.